The van der Waals surface area contributed by atoms with E-state index in [0.29, 0.717) is 0 Å². The molecule has 0 aromatic carbocycles. The van der Waals surface area contributed by atoms with Gasteiger partial charge in [-0.25, -0.2) is 0 Å². The molecule has 0 aliphatic heterocycles. The maximum atomic E-state index is 3.78. The van der Waals surface area contributed by atoms with E-state index in [2.05, 4.69) is 25.3 Å². The highest BCUT2D eigenvalue weighted by molar-refractivity contribution is 4.80. The third-order valence-corrected chi connectivity index (χ3v) is 4.21. The van der Waals surface area contributed by atoms with E-state index >= 15 is 0 Å². The molecule has 0 unspecified atom stereocenters. The highest BCUT2D eigenvalue weighted by Crippen LogP contribution is 2.26. The molecule has 0 radical (unpaired) electrons. The predicted molar refractivity (Wildman–Crippen MR) is 78.2 cm³/mol. The van der Waals surface area contributed by atoms with Gasteiger partial charge in [-0.15, -0.1) is 13.2 Å². The van der Waals surface area contributed by atoms with Crippen LogP contribution in [0.2, 0.25) is 0 Å². The summed E-state index contributed by atoms with van der Waals surface area (Å²) in [5.74, 6) is 1.83. The number of hydrogen-bond acceptors (Lipinski definition) is 0. The summed E-state index contributed by atoms with van der Waals surface area (Å²) in [6.45, 7) is 7.54. The van der Waals surface area contributed by atoms with Crippen molar-refractivity contribution in [2.45, 2.75) is 70.6 Å². The Morgan fingerprint density at radius 3 is 1.71 bits per heavy atom. The minimum absolute atomic E-state index is 0.851. The third-order valence-electron chi connectivity index (χ3n) is 4.21. The molecule has 2 saturated carbocycles. The second kappa shape index (κ2) is 9.50. The lowest BCUT2D eigenvalue weighted by Gasteiger charge is -2.19. The zero-order chi connectivity index (χ0) is 12.3. The molecule has 0 amide bonds. The summed E-state index contributed by atoms with van der Waals surface area (Å²) in [5, 5.41) is 0. The molecule has 17 heavy (non-hydrogen) atoms. The average molecular weight is 234 g/mol. The molecule has 0 atom stereocenters. The largest absolute Gasteiger partial charge is 0.103 e. The van der Waals surface area contributed by atoms with Gasteiger partial charge in [0.25, 0.3) is 0 Å². The van der Waals surface area contributed by atoms with E-state index < -0.39 is 0 Å². The van der Waals surface area contributed by atoms with Crippen LogP contribution in [0.4, 0.5) is 0 Å². The molecular weight excluding hydrogens is 204 g/mol. The van der Waals surface area contributed by atoms with E-state index in [9.17, 15) is 0 Å². The molecule has 0 heteroatoms. The summed E-state index contributed by atoms with van der Waals surface area (Å²) in [5.41, 5.74) is 0. The molecule has 0 aromatic rings. The van der Waals surface area contributed by atoms with Crippen LogP contribution in [0, 0.1) is 11.8 Å². The molecule has 0 aromatic heterocycles. The average Bonchev–Trinajstić information content (AvgIpc) is 2.42. The van der Waals surface area contributed by atoms with Crippen molar-refractivity contribution in [1.29, 1.82) is 0 Å². The van der Waals surface area contributed by atoms with Crippen LogP contribution in [0.3, 0.4) is 0 Å². The van der Waals surface area contributed by atoms with Crippen LogP contribution in [0.5, 0.6) is 0 Å². The summed E-state index contributed by atoms with van der Waals surface area (Å²) in [7, 11) is 0. The number of hydrogen-bond donors (Lipinski definition) is 0. The Balaban J connectivity index is 0.000000171. The minimum Gasteiger partial charge on any atom is -0.103 e. The van der Waals surface area contributed by atoms with Gasteiger partial charge in [-0.05, 0) is 31.1 Å². The first-order valence-electron chi connectivity index (χ1n) is 7.60. The Morgan fingerprint density at radius 1 is 0.765 bits per heavy atom. The molecule has 2 aliphatic carbocycles. The maximum Gasteiger partial charge on any atom is -0.0236 e. The van der Waals surface area contributed by atoms with Crippen molar-refractivity contribution in [2.75, 3.05) is 0 Å². The normalized spacial score (nSPS) is 22.4. The van der Waals surface area contributed by atoms with Crippen molar-refractivity contribution in [3.8, 4) is 0 Å². The van der Waals surface area contributed by atoms with Crippen molar-refractivity contribution >= 4 is 0 Å². The molecular formula is C17H30. The predicted octanol–water partition coefficient (Wildman–Crippen LogP) is 5.90. The minimum atomic E-state index is 0.851. The van der Waals surface area contributed by atoms with Gasteiger partial charge in [0.05, 0.1) is 0 Å². The van der Waals surface area contributed by atoms with Crippen LogP contribution < -0.4 is 0 Å². The quantitative estimate of drug-likeness (QED) is 0.534. The molecule has 0 N–H and O–H groups in total. The molecule has 0 bridgehead atoms. The van der Waals surface area contributed by atoms with Crippen molar-refractivity contribution in [1.82, 2.24) is 0 Å². The molecule has 2 aliphatic rings. The lowest BCUT2D eigenvalue weighted by atomic mass is 9.87. The Bertz CT molecular complexity index is 192. The zero-order valence-electron chi connectivity index (χ0n) is 11.5. The van der Waals surface area contributed by atoms with Crippen molar-refractivity contribution in [2.24, 2.45) is 11.8 Å². The molecule has 2 fully saturated rings. The summed E-state index contributed by atoms with van der Waals surface area (Å²) in [6, 6.07) is 0. The molecule has 0 nitrogen and oxygen atoms in total. The van der Waals surface area contributed by atoms with Gasteiger partial charge in [-0.3, -0.25) is 0 Å². The number of allylic oxidation sites excluding steroid dienone is 2. The topological polar surface area (TPSA) is 0 Å². The standard InChI is InChI=1S/C9H16.C8H14/c1-2-6-9-7-4-3-5-8-9;1-2-8-6-4-3-5-7-8/h2,9H,1,3-8H2;2,8H,1,3-7H2. The first-order chi connectivity index (χ1) is 8.36. The third kappa shape index (κ3) is 6.71. The van der Waals surface area contributed by atoms with Crippen molar-refractivity contribution < 1.29 is 0 Å². The molecule has 0 spiro atoms. The Kier molecular flexibility index (Phi) is 8.13. The fourth-order valence-corrected chi connectivity index (χ4v) is 3.03. The fourth-order valence-electron chi connectivity index (χ4n) is 3.03. The monoisotopic (exact) mass is 234 g/mol. The van der Waals surface area contributed by atoms with Crippen molar-refractivity contribution in [3.63, 3.8) is 0 Å². The first-order valence-corrected chi connectivity index (χ1v) is 7.60. The molecule has 98 valence electrons. The SMILES string of the molecule is C=CC1CCCCC1.C=CCC1CCCCC1. The van der Waals surface area contributed by atoms with E-state index in [1.165, 1.54) is 70.6 Å². The smallest absolute Gasteiger partial charge is 0.0236 e. The summed E-state index contributed by atoms with van der Waals surface area (Å²) in [4.78, 5) is 0. The zero-order valence-corrected chi connectivity index (χ0v) is 11.5. The molecule has 2 rings (SSSR count). The van der Waals surface area contributed by atoms with Crippen LogP contribution in [0.25, 0.3) is 0 Å². The summed E-state index contributed by atoms with van der Waals surface area (Å²) >= 11 is 0. The molecule has 0 heterocycles. The van der Waals surface area contributed by atoms with Gasteiger partial charge in [-0.1, -0.05) is 63.5 Å². The highest BCUT2D eigenvalue weighted by atomic mass is 14.2. The number of rotatable bonds is 3. The Morgan fingerprint density at radius 2 is 1.29 bits per heavy atom. The van der Waals surface area contributed by atoms with Crippen molar-refractivity contribution in [3.05, 3.63) is 25.3 Å². The van der Waals surface area contributed by atoms with Gasteiger partial charge in [0.2, 0.25) is 0 Å². The van der Waals surface area contributed by atoms with E-state index in [1.54, 1.807) is 0 Å². The van der Waals surface area contributed by atoms with Gasteiger partial charge in [-0.2, -0.15) is 0 Å². The van der Waals surface area contributed by atoms with E-state index in [1.807, 2.05) is 0 Å². The van der Waals surface area contributed by atoms with E-state index in [-0.39, 0.29) is 0 Å². The van der Waals surface area contributed by atoms with Crippen LogP contribution in [-0.2, 0) is 0 Å². The first kappa shape index (κ1) is 14.5. The second-order valence-electron chi connectivity index (χ2n) is 5.66. The van der Waals surface area contributed by atoms with Gasteiger partial charge < -0.3 is 0 Å². The van der Waals surface area contributed by atoms with Gasteiger partial charge >= 0.3 is 0 Å². The Hall–Kier alpha value is -0.520. The Labute approximate surface area is 108 Å². The van der Waals surface area contributed by atoms with Crippen LogP contribution in [0.1, 0.15) is 70.6 Å². The second-order valence-corrected chi connectivity index (χ2v) is 5.66. The maximum absolute atomic E-state index is 3.78. The van der Waals surface area contributed by atoms with Gasteiger partial charge in [0.15, 0.2) is 0 Å². The summed E-state index contributed by atoms with van der Waals surface area (Å²) in [6.07, 6.45) is 19.8. The van der Waals surface area contributed by atoms with E-state index in [0.717, 1.165) is 11.8 Å². The van der Waals surface area contributed by atoms with E-state index in [4.69, 9.17) is 0 Å². The van der Waals surface area contributed by atoms with Crippen LogP contribution >= 0.6 is 0 Å². The molecule has 0 saturated heterocycles. The lowest BCUT2D eigenvalue weighted by Crippen LogP contribution is -2.04. The highest BCUT2D eigenvalue weighted by Gasteiger charge is 2.10. The fraction of sp³-hybridized carbons (Fsp3) is 0.765. The van der Waals surface area contributed by atoms with Gasteiger partial charge in [0, 0.05) is 0 Å². The van der Waals surface area contributed by atoms with Gasteiger partial charge in [0.1, 0.15) is 0 Å². The van der Waals surface area contributed by atoms with Crippen LogP contribution in [-0.4, -0.2) is 0 Å². The summed E-state index contributed by atoms with van der Waals surface area (Å²) < 4.78 is 0. The lowest BCUT2D eigenvalue weighted by molar-refractivity contribution is 0.361. The van der Waals surface area contributed by atoms with Crippen LogP contribution in [0.15, 0.2) is 25.3 Å².